The average molecular weight is 470 g/mol. The molecule has 1 heterocycles. The second-order valence-electron chi connectivity index (χ2n) is 7.56. The number of nitrogens with zero attached hydrogens (tertiary/aromatic N) is 2. The summed E-state index contributed by atoms with van der Waals surface area (Å²) in [5.41, 5.74) is 1.07. The Morgan fingerprint density at radius 1 is 1.27 bits per heavy atom. The molecule has 3 rings (SSSR count). The fraction of sp³-hybridized carbons (Fsp3) is 0.320. The summed E-state index contributed by atoms with van der Waals surface area (Å²) in [6.07, 6.45) is 1.91. The van der Waals surface area contributed by atoms with Crippen LogP contribution in [0.15, 0.2) is 58.7 Å². The fourth-order valence-corrected chi connectivity index (χ4v) is 4.95. The minimum absolute atomic E-state index is 0.0796. The molecule has 1 aliphatic rings. The van der Waals surface area contributed by atoms with E-state index >= 15 is 0 Å². The first-order valence-corrected chi connectivity index (χ1v) is 11.6. The predicted octanol–water partition coefficient (Wildman–Crippen LogP) is 6.05. The number of carbonyl (C=O) groups excluding carboxylic acids is 1. The number of anilines is 1. The number of halogens is 2. The zero-order chi connectivity index (χ0) is 24.0. The molecule has 33 heavy (non-hydrogen) atoms. The number of benzene rings is 2. The molecule has 172 valence electrons. The molecule has 2 unspecified atom stereocenters. The highest BCUT2D eigenvalue weighted by Crippen LogP contribution is 2.42. The average Bonchev–Trinajstić information content (AvgIpc) is 2.79. The van der Waals surface area contributed by atoms with Crippen molar-refractivity contribution < 1.29 is 18.3 Å². The van der Waals surface area contributed by atoms with Crippen LogP contribution in [-0.4, -0.2) is 23.8 Å². The molecule has 2 atom stereocenters. The third-order valence-electron chi connectivity index (χ3n) is 5.36. The van der Waals surface area contributed by atoms with E-state index in [9.17, 15) is 18.8 Å². The number of para-hydroxylation sites is 2. The van der Waals surface area contributed by atoms with Gasteiger partial charge < -0.3 is 10.1 Å². The standard InChI is InChI=1S/C25H25F2N3O2S/c1-4-5-12-33-25-18(14-28)23(17-11-10-16(26)13-19(17)27)22(15(2)29-25)24(31)30-20-8-6-7-9-21(20)32-3/h6-11,13,18,23H,4-5,12H2,1-3H3,(H,30,31). The van der Waals surface area contributed by atoms with Crippen molar-refractivity contribution in [3.05, 3.63) is 70.9 Å². The topological polar surface area (TPSA) is 74.5 Å². The van der Waals surface area contributed by atoms with Gasteiger partial charge in [0.1, 0.15) is 23.3 Å². The predicted molar refractivity (Wildman–Crippen MR) is 127 cm³/mol. The van der Waals surface area contributed by atoms with Gasteiger partial charge in [-0.15, -0.1) is 11.8 Å². The molecule has 0 spiro atoms. The molecule has 0 aromatic heterocycles. The van der Waals surface area contributed by atoms with Crippen molar-refractivity contribution >= 4 is 28.4 Å². The third-order valence-corrected chi connectivity index (χ3v) is 6.50. The first-order chi connectivity index (χ1) is 15.9. The normalized spacial score (nSPS) is 17.9. The van der Waals surface area contributed by atoms with Crippen LogP contribution < -0.4 is 10.1 Å². The Morgan fingerprint density at radius 3 is 2.70 bits per heavy atom. The number of rotatable bonds is 7. The second-order valence-corrected chi connectivity index (χ2v) is 8.67. The summed E-state index contributed by atoms with van der Waals surface area (Å²) < 4.78 is 33.9. The molecule has 2 aromatic rings. The quantitative estimate of drug-likeness (QED) is 0.501. The van der Waals surface area contributed by atoms with Gasteiger partial charge in [0.25, 0.3) is 5.91 Å². The van der Waals surface area contributed by atoms with E-state index in [-0.39, 0.29) is 11.1 Å². The number of allylic oxidation sites excluding steroid dienone is 1. The first kappa shape index (κ1) is 24.5. The highest BCUT2D eigenvalue weighted by molar-refractivity contribution is 8.14. The lowest BCUT2D eigenvalue weighted by Crippen LogP contribution is -2.32. The number of methoxy groups -OCH3 is 1. The fourth-order valence-electron chi connectivity index (χ4n) is 3.73. The van der Waals surface area contributed by atoms with Gasteiger partial charge in [-0.25, -0.2) is 13.8 Å². The van der Waals surface area contributed by atoms with Crippen molar-refractivity contribution in [3.63, 3.8) is 0 Å². The minimum atomic E-state index is -0.938. The molecular weight excluding hydrogens is 444 g/mol. The van der Waals surface area contributed by atoms with Crippen molar-refractivity contribution in [2.24, 2.45) is 10.9 Å². The van der Waals surface area contributed by atoms with Crippen molar-refractivity contribution in [2.75, 3.05) is 18.2 Å². The summed E-state index contributed by atoms with van der Waals surface area (Å²) >= 11 is 1.43. The molecule has 5 nitrogen and oxygen atoms in total. The number of unbranched alkanes of at least 4 members (excludes halogenated alkanes) is 1. The molecule has 1 N–H and O–H groups in total. The number of nitrogens with one attached hydrogen (secondary N) is 1. The Morgan fingerprint density at radius 2 is 2.03 bits per heavy atom. The molecule has 1 aliphatic heterocycles. The summed E-state index contributed by atoms with van der Waals surface area (Å²) in [4.78, 5) is 18.0. The van der Waals surface area contributed by atoms with Crippen LogP contribution in [0.1, 0.15) is 38.2 Å². The van der Waals surface area contributed by atoms with E-state index in [0.717, 1.165) is 30.7 Å². The summed E-state index contributed by atoms with van der Waals surface area (Å²) in [5.74, 6) is -2.67. The second kappa shape index (κ2) is 11.1. The molecule has 0 fully saturated rings. The summed E-state index contributed by atoms with van der Waals surface area (Å²) in [6.45, 7) is 3.73. The van der Waals surface area contributed by atoms with Gasteiger partial charge in [-0.2, -0.15) is 5.26 Å². The Labute approximate surface area is 196 Å². The molecule has 0 radical (unpaired) electrons. The first-order valence-electron chi connectivity index (χ1n) is 10.6. The zero-order valence-corrected chi connectivity index (χ0v) is 19.5. The van der Waals surface area contributed by atoms with E-state index in [0.29, 0.717) is 22.2 Å². The van der Waals surface area contributed by atoms with Crippen LogP contribution >= 0.6 is 11.8 Å². The van der Waals surface area contributed by atoms with Crippen LogP contribution in [0.5, 0.6) is 5.75 Å². The number of ether oxygens (including phenoxy) is 1. The van der Waals surface area contributed by atoms with Gasteiger partial charge in [0.15, 0.2) is 0 Å². The van der Waals surface area contributed by atoms with E-state index in [2.05, 4.69) is 23.3 Å². The molecule has 0 saturated heterocycles. The summed E-state index contributed by atoms with van der Waals surface area (Å²) in [7, 11) is 1.49. The van der Waals surface area contributed by atoms with Crippen LogP contribution in [0.2, 0.25) is 0 Å². The van der Waals surface area contributed by atoms with E-state index in [1.54, 1.807) is 31.2 Å². The number of nitriles is 1. The van der Waals surface area contributed by atoms with Gasteiger partial charge in [0, 0.05) is 23.3 Å². The number of hydrogen-bond donors (Lipinski definition) is 1. The maximum absolute atomic E-state index is 14.9. The summed E-state index contributed by atoms with van der Waals surface area (Å²) in [5, 5.41) is 13.4. The number of amides is 1. The highest BCUT2D eigenvalue weighted by atomic mass is 32.2. The van der Waals surface area contributed by atoms with Gasteiger partial charge in [0.05, 0.1) is 23.9 Å². The van der Waals surface area contributed by atoms with Gasteiger partial charge in [-0.3, -0.25) is 4.79 Å². The van der Waals surface area contributed by atoms with E-state index < -0.39 is 29.4 Å². The lowest BCUT2D eigenvalue weighted by atomic mass is 9.78. The molecule has 8 heteroatoms. The van der Waals surface area contributed by atoms with Crippen molar-refractivity contribution in [2.45, 2.75) is 32.6 Å². The Kier molecular flexibility index (Phi) is 8.23. The minimum Gasteiger partial charge on any atom is -0.495 e. The van der Waals surface area contributed by atoms with Crippen LogP contribution in [-0.2, 0) is 4.79 Å². The van der Waals surface area contributed by atoms with E-state index in [1.807, 2.05) is 0 Å². The molecule has 0 bridgehead atoms. The van der Waals surface area contributed by atoms with Crippen LogP contribution in [0.3, 0.4) is 0 Å². The largest absolute Gasteiger partial charge is 0.495 e. The van der Waals surface area contributed by atoms with Crippen molar-refractivity contribution in [1.82, 2.24) is 0 Å². The monoisotopic (exact) mass is 469 g/mol. The SMILES string of the molecule is CCCCSC1=NC(C)=C(C(=O)Nc2ccccc2OC)C(c2ccc(F)cc2F)C1C#N. The van der Waals surface area contributed by atoms with Gasteiger partial charge >= 0.3 is 0 Å². The summed E-state index contributed by atoms with van der Waals surface area (Å²) in [6, 6.07) is 12.3. The molecule has 2 aromatic carbocycles. The number of carbonyl (C=O) groups is 1. The molecule has 0 aliphatic carbocycles. The highest BCUT2D eigenvalue weighted by Gasteiger charge is 2.40. The smallest absolute Gasteiger partial charge is 0.254 e. The van der Waals surface area contributed by atoms with Gasteiger partial charge in [-0.1, -0.05) is 31.5 Å². The molecule has 0 saturated carbocycles. The maximum Gasteiger partial charge on any atom is 0.254 e. The Balaban J connectivity index is 2.10. The van der Waals surface area contributed by atoms with Crippen LogP contribution in [0.4, 0.5) is 14.5 Å². The lowest BCUT2D eigenvalue weighted by Gasteiger charge is -2.30. The Bertz CT molecular complexity index is 1140. The van der Waals surface area contributed by atoms with E-state index in [1.165, 1.54) is 24.9 Å². The lowest BCUT2D eigenvalue weighted by molar-refractivity contribution is -0.113. The van der Waals surface area contributed by atoms with Crippen molar-refractivity contribution in [1.29, 1.82) is 5.26 Å². The third kappa shape index (κ3) is 5.42. The number of hydrogen-bond acceptors (Lipinski definition) is 5. The van der Waals surface area contributed by atoms with Gasteiger partial charge in [-0.05, 0) is 42.9 Å². The Hall–Kier alpha value is -3.18. The maximum atomic E-state index is 14.9. The van der Waals surface area contributed by atoms with E-state index in [4.69, 9.17) is 4.74 Å². The van der Waals surface area contributed by atoms with Crippen molar-refractivity contribution in [3.8, 4) is 11.8 Å². The molecule has 1 amide bonds. The number of aliphatic imine (C=N–C) groups is 1. The number of thioether (sulfide) groups is 1. The van der Waals surface area contributed by atoms with Gasteiger partial charge in [0.2, 0.25) is 0 Å². The molecular formula is C25H25F2N3O2S. The zero-order valence-electron chi connectivity index (χ0n) is 18.7. The van der Waals surface area contributed by atoms with Crippen LogP contribution in [0, 0.1) is 28.9 Å². The van der Waals surface area contributed by atoms with Crippen LogP contribution in [0.25, 0.3) is 0 Å².